The topological polar surface area (TPSA) is 75.8 Å². The molecule has 0 bridgehead atoms. The SMILES string of the molecule is Cc1ccc(C(=O)N/C(=C\c2ccc(-c3ccc(Br)cc3)o2)C(=O)NCCC[NH+](C)C)cc1. The summed E-state index contributed by atoms with van der Waals surface area (Å²) >= 11 is 3.43. The highest BCUT2D eigenvalue weighted by Gasteiger charge is 2.16. The van der Waals surface area contributed by atoms with Crippen molar-refractivity contribution >= 4 is 33.8 Å². The van der Waals surface area contributed by atoms with Crippen LogP contribution in [0.5, 0.6) is 0 Å². The lowest BCUT2D eigenvalue weighted by molar-refractivity contribution is -0.858. The third-order valence-corrected chi connectivity index (χ3v) is 5.52. The minimum atomic E-state index is -0.356. The number of rotatable bonds is 9. The summed E-state index contributed by atoms with van der Waals surface area (Å²) in [4.78, 5) is 27.0. The minimum Gasteiger partial charge on any atom is -0.457 e. The van der Waals surface area contributed by atoms with Crippen LogP contribution in [0, 0.1) is 6.92 Å². The van der Waals surface area contributed by atoms with E-state index in [4.69, 9.17) is 4.42 Å². The molecule has 0 saturated carbocycles. The quantitative estimate of drug-likeness (QED) is 0.305. The maximum Gasteiger partial charge on any atom is 0.267 e. The van der Waals surface area contributed by atoms with E-state index in [-0.39, 0.29) is 17.5 Å². The van der Waals surface area contributed by atoms with Gasteiger partial charge in [0.05, 0.1) is 20.6 Å². The van der Waals surface area contributed by atoms with E-state index >= 15 is 0 Å². The van der Waals surface area contributed by atoms with E-state index < -0.39 is 0 Å². The molecule has 6 nitrogen and oxygen atoms in total. The van der Waals surface area contributed by atoms with Gasteiger partial charge in [-0.25, -0.2) is 0 Å². The molecule has 0 spiro atoms. The van der Waals surface area contributed by atoms with E-state index in [9.17, 15) is 9.59 Å². The first-order valence-corrected chi connectivity index (χ1v) is 11.6. The summed E-state index contributed by atoms with van der Waals surface area (Å²) in [5.74, 6) is 0.437. The Morgan fingerprint density at radius 1 is 1.00 bits per heavy atom. The lowest BCUT2D eigenvalue weighted by Crippen LogP contribution is -3.05. The second kappa shape index (κ2) is 11.6. The Morgan fingerprint density at radius 2 is 1.70 bits per heavy atom. The van der Waals surface area contributed by atoms with Crippen molar-refractivity contribution in [3.05, 3.63) is 87.7 Å². The van der Waals surface area contributed by atoms with E-state index in [1.807, 2.05) is 49.4 Å². The number of hydrogen-bond donors (Lipinski definition) is 3. The van der Waals surface area contributed by atoms with Gasteiger partial charge in [-0.3, -0.25) is 9.59 Å². The van der Waals surface area contributed by atoms with Gasteiger partial charge in [0, 0.05) is 34.6 Å². The van der Waals surface area contributed by atoms with Crippen molar-refractivity contribution in [2.24, 2.45) is 0 Å². The summed E-state index contributed by atoms with van der Waals surface area (Å²) in [6, 6.07) is 18.6. The molecule has 0 aliphatic carbocycles. The molecule has 0 saturated heterocycles. The number of amides is 2. The fourth-order valence-corrected chi connectivity index (χ4v) is 3.40. The highest BCUT2D eigenvalue weighted by molar-refractivity contribution is 9.10. The first-order chi connectivity index (χ1) is 15.8. The third-order valence-electron chi connectivity index (χ3n) is 4.99. The monoisotopic (exact) mass is 510 g/mol. The Bertz CT molecular complexity index is 1120. The summed E-state index contributed by atoms with van der Waals surface area (Å²) in [6.07, 6.45) is 2.39. The highest BCUT2D eigenvalue weighted by atomic mass is 79.9. The van der Waals surface area contributed by atoms with Crippen LogP contribution in [0.15, 0.2) is 75.3 Å². The molecule has 1 aromatic heterocycles. The van der Waals surface area contributed by atoms with Gasteiger partial charge in [-0.15, -0.1) is 0 Å². The van der Waals surface area contributed by atoms with Gasteiger partial charge < -0.3 is 20.0 Å². The van der Waals surface area contributed by atoms with E-state index in [1.165, 1.54) is 4.90 Å². The second-order valence-electron chi connectivity index (χ2n) is 8.15. The molecule has 0 unspecified atom stereocenters. The Kier molecular flexibility index (Phi) is 8.63. The molecule has 0 atom stereocenters. The van der Waals surface area contributed by atoms with Gasteiger partial charge in [0.15, 0.2) is 0 Å². The number of benzene rings is 2. The number of furan rings is 1. The summed E-state index contributed by atoms with van der Waals surface area (Å²) in [5.41, 5.74) is 2.58. The third kappa shape index (κ3) is 7.44. The number of carbonyl (C=O) groups excluding carboxylic acids is 2. The first-order valence-electron chi connectivity index (χ1n) is 10.8. The fraction of sp³-hybridized carbons (Fsp3) is 0.231. The number of aryl methyl sites for hydroxylation is 1. The fourth-order valence-electron chi connectivity index (χ4n) is 3.14. The molecule has 0 radical (unpaired) electrons. The van der Waals surface area contributed by atoms with Crippen molar-refractivity contribution in [1.29, 1.82) is 0 Å². The summed E-state index contributed by atoms with van der Waals surface area (Å²) in [7, 11) is 4.13. The van der Waals surface area contributed by atoms with Crippen LogP contribution in [0.4, 0.5) is 0 Å². The molecule has 2 amide bonds. The second-order valence-corrected chi connectivity index (χ2v) is 9.07. The molecule has 7 heteroatoms. The van der Waals surface area contributed by atoms with Crippen LogP contribution in [0.2, 0.25) is 0 Å². The van der Waals surface area contributed by atoms with Crippen molar-refractivity contribution in [1.82, 2.24) is 10.6 Å². The molecule has 172 valence electrons. The lowest BCUT2D eigenvalue weighted by atomic mass is 10.1. The number of quaternary nitrogens is 1. The average molecular weight is 511 g/mol. The van der Waals surface area contributed by atoms with Crippen LogP contribution in [0.3, 0.4) is 0 Å². The van der Waals surface area contributed by atoms with Crippen molar-refractivity contribution in [2.45, 2.75) is 13.3 Å². The Morgan fingerprint density at radius 3 is 2.36 bits per heavy atom. The largest absolute Gasteiger partial charge is 0.457 e. The van der Waals surface area contributed by atoms with Crippen LogP contribution in [-0.4, -0.2) is 39.0 Å². The normalized spacial score (nSPS) is 11.5. The molecule has 3 rings (SSSR count). The maximum absolute atomic E-state index is 12.9. The Balaban J connectivity index is 1.80. The smallest absolute Gasteiger partial charge is 0.267 e. The molecule has 1 heterocycles. The van der Waals surface area contributed by atoms with E-state index in [0.717, 1.165) is 28.6 Å². The zero-order chi connectivity index (χ0) is 23.8. The van der Waals surface area contributed by atoms with Gasteiger partial charge in [-0.2, -0.15) is 0 Å². The molecule has 0 fully saturated rings. The van der Waals surface area contributed by atoms with Crippen molar-refractivity contribution in [2.75, 3.05) is 27.2 Å². The maximum atomic E-state index is 12.9. The predicted molar refractivity (Wildman–Crippen MR) is 134 cm³/mol. The van der Waals surface area contributed by atoms with E-state index in [1.54, 1.807) is 24.3 Å². The van der Waals surface area contributed by atoms with Crippen LogP contribution >= 0.6 is 15.9 Å². The highest BCUT2D eigenvalue weighted by Crippen LogP contribution is 2.25. The summed E-state index contributed by atoms with van der Waals surface area (Å²) < 4.78 is 6.90. The van der Waals surface area contributed by atoms with Gasteiger partial charge in [0.1, 0.15) is 17.2 Å². The van der Waals surface area contributed by atoms with Crippen LogP contribution < -0.4 is 15.5 Å². The molecular weight excluding hydrogens is 482 g/mol. The average Bonchev–Trinajstić information content (AvgIpc) is 3.25. The zero-order valence-electron chi connectivity index (χ0n) is 19.1. The molecule has 2 aromatic carbocycles. The van der Waals surface area contributed by atoms with Gasteiger partial charge in [-0.1, -0.05) is 45.8 Å². The first kappa shape index (κ1) is 24.5. The molecule has 3 aromatic rings. The number of halogens is 1. The van der Waals surface area contributed by atoms with E-state index in [0.29, 0.717) is 23.6 Å². The van der Waals surface area contributed by atoms with Gasteiger partial charge in [-0.05, 0) is 43.3 Å². The molecular formula is C26H29BrN3O3+. The molecule has 0 aliphatic heterocycles. The van der Waals surface area contributed by atoms with Crippen molar-refractivity contribution in [3.8, 4) is 11.3 Å². The molecule has 3 N–H and O–H groups in total. The predicted octanol–water partition coefficient (Wildman–Crippen LogP) is 3.44. The van der Waals surface area contributed by atoms with E-state index in [2.05, 4.69) is 40.7 Å². The zero-order valence-corrected chi connectivity index (χ0v) is 20.7. The van der Waals surface area contributed by atoms with Gasteiger partial charge in [0.25, 0.3) is 11.8 Å². The molecule has 0 aliphatic rings. The van der Waals surface area contributed by atoms with Crippen LogP contribution in [0.25, 0.3) is 17.4 Å². The summed E-state index contributed by atoms with van der Waals surface area (Å²) in [5, 5.41) is 5.63. The number of carbonyl (C=O) groups is 2. The number of hydrogen-bond acceptors (Lipinski definition) is 3. The van der Waals surface area contributed by atoms with Crippen molar-refractivity contribution < 1.29 is 18.9 Å². The Labute approximate surface area is 202 Å². The van der Waals surface area contributed by atoms with Gasteiger partial charge in [0.2, 0.25) is 0 Å². The molecule has 33 heavy (non-hydrogen) atoms. The van der Waals surface area contributed by atoms with Gasteiger partial charge >= 0.3 is 0 Å². The lowest BCUT2D eigenvalue weighted by Gasteiger charge is -2.12. The van der Waals surface area contributed by atoms with Crippen LogP contribution in [-0.2, 0) is 4.79 Å². The summed E-state index contributed by atoms with van der Waals surface area (Å²) in [6.45, 7) is 3.41. The van der Waals surface area contributed by atoms with Crippen LogP contribution in [0.1, 0.15) is 28.1 Å². The Hall–Kier alpha value is -3.16. The minimum absolute atomic E-state index is 0.134. The number of nitrogens with one attached hydrogen (secondary N) is 3. The standard InChI is InChI=1S/C26H28BrN3O3/c1-18-5-7-20(8-6-18)25(31)29-23(26(32)28-15-4-16-30(2)3)17-22-13-14-24(33-22)19-9-11-21(27)12-10-19/h5-14,17H,4,15-16H2,1-3H3,(H,28,32)(H,29,31)/p+1/b23-17-. The van der Waals surface area contributed by atoms with Crippen molar-refractivity contribution in [3.63, 3.8) is 0 Å².